The number of hydrogen-bond donors (Lipinski definition) is 2. The van der Waals surface area contributed by atoms with Crippen LogP contribution in [-0.4, -0.2) is 5.91 Å². The minimum absolute atomic E-state index is 0.0767. The summed E-state index contributed by atoms with van der Waals surface area (Å²) in [6, 6.07) is 24.2. The zero-order chi connectivity index (χ0) is 16.9. The molecule has 3 heteroatoms. The molecule has 0 bridgehead atoms. The molecular formula is C21H20N2O. The number of nitrogens with one attached hydrogen (secondary N) is 2. The van der Waals surface area contributed by atoms with Gasteiger partial charge in [0.2, 0.25) is 5.91 Å². The van der Waals surface area contributed by atoms with Gasteiger partial charge in [-0.15, -0.1) is 0 Å². The Morgan fingerprint density at radius 1 is 0.833 bits per heavy atom. The molecule has 0 spiro atoms. The molecule has 0 atom stereocenters. The number of carbonyl (C=O) groups is 1. The topological polar surface area (TPSA) is 41.1 Å². The Kier molecular flexibility index (Phi) is 4.62. The van der Waals surface area contributed by atoms with Gasteiger partial charge in [-0.1, -0.05) is 54.6 Å². The lowest BCUT2D eigenvalue weighted by molar-refractivity contribution is -0.114. The van der Waals surface area contributed by atoms with Gasteiger partial charge in [-0.25, -0.2) is 0 Å². The Balaban J connectivity index is 2.06. The molecule has 0 radical (unpaired) electrons. The molecule has 3 rings (SSSR count). The Labute approximate surface area is 142 Å². The average molecular weight is 316 g/mol. The van der Waals surface area contributed by atoms with E-state index in [9.17, 15) is 4.79 Å². The molecule has 120 valence electrons. The van der Waals surface area contributed by atoms with Crippen LogP contribution in [0.4, 0.5) is 17.1 Å². The van der Waals surface area contributed by atoms with Crippen molar-refractivity contribution in [3.8, 4) is 11.1 Å². The van der Waals surface area contributed by atoms with Crippen LogP contribution < -0.4 is 10.6 Å². The lowest BCUT2D eigenvalue weighted by Gasteiger charge is -2.18. The molecular weight excluding hydrogens is 296 g/mol. The van der Waals surface area contributed by atoms with Gasteiger partial charge in [0.25, 0.3) is 0 Å². The van der Waals surface area contributed by atoms with Crippen LogP contribution in [0.25, 0.3) is 11.1 Å². The summed E-state index contributed by atoms with van der Waals surface area (Å²) in [7, 11) is 0. The van der Waals surface area contributed by atoms with Gasteiger partial charge < -0.3 is 10.6 Å². The summed E-state index contributed by atoms with van der Waals surface area (Å²) in [5, 5.41) is 6.40. The van der Waals surface area contributed by atoms with E-state index < -0.39 is 0 Å². The fourth-order valence-corrected chi connectivity index (χ4v) is 2.72. The normalized spacial score (nSPS) is 10.2. The van der Waals surface area contributed by atoms with Gasteiger partial charge in [0.15, 0.2) is 0 Å². The predicted molar refractivity (Wildman–Crippen MR) is 101 cm³/mol. The fraction of sp³-hybridized carbons (Fsp3) is 0.0952. The van der Waals surface area contributed by atoms with Gasteiger partial charge in [0.1, 0.15) is 0 Å². The maximum absolute atomic E-state index is 11.7. The maximum atomic E-state index is 11.7. The molecule has 0 aliphatic carbocycles. The molecule has 2 N–H and O–H groups in total. The van der Waals surface area contributed by atoms with Crippen molar-refractivity contribution in [2.45, 2.75) is 13.8 Å². The second kappa shape index (κ2) is 7.01. The fourth-order valence-electron chi connectivity index (χ4n) is 2.72. The highest BCUT2D eigenvalue weighted by Gasteiger charge is 2.13. The first-order valence-electron chi connectivity index (χ1n) is 7.94. The van der Waals surface area contributed by atoms with E-state index in [0.717, 1.165) is 33.8 Å². The summed E-state index contributed by atoms with van der Waals surface area (Å²) in [5.74, 6) is -0.0767. The van der Waals surface area contributed by atoms with Crippen LogP contribution in [0.15, 0.2) is 72.8 Å². The molecule has 0 saturated carbocycles. The van der Waals surface area contributed by atoms with E-state index in [2.05, 4.69) is 16.7 Å². The third-order valence-corrected chi connectivity index (χ3v) is 3.90. The van der Waals surface area contributed by atoms with E-state index in [1.165, 1.54) is 6.92 Å². The third-order valence-electron chi connectivity index (χ3n) is 3.90. The van der Waals surface area contributed by atoms with Crippen molar-refractivity contribution < 1.29 is 4.79 Å². The van der Waals surface area contributed by atoms with Crippen molar-refractivity contribution >= 4 is 23.0 Å². The molecule has 0 unspecified atom stereocenters. The standard InChI is InChI=1S/C21H20N2O/c1-15-20(23-18-11-7-4-8-12-18)14-13-19(21(15)22-16(2)24)17-9-5-3-6-10-17/h3-14,23H,1-2H3,(H,22,24). The SMILES string of the molecule is CC(=O)Nc1c(-c2ccccc2)ccc(Nc2ccccc2)c1C. The molecule has 0 saturated heterocycles. The van der Waals surface area contributed by atoms with E-state index in [1.54, 1.807) is 0 Å². The van der Waals surface area contributed by atoms with Gasteiger partial charge in [-0.05, 0) is 36.2 Å². The smallest absolute Gasteiger partial charge is 0.221 e. The summed E-state index contributed by atoms with van der Waals surface area (Å²) < 4.78 is 0. The van der Waals surface area contributed by atoms with E-state index in [0.29, 0.717) is 0 Å². The Hall–Kier alpha value is -3.07. The number of para-hydroxylation sites is 1. The van der Waals surface area contributed by atoms with Crippen molar-refractivity contribution in [2.75, 3.05) is 10.6 Å². The zero-order valence-electron chi connectivity index (χ0n) is 13.8. The highest BCUT2D eigenvalue weighted by molar-refractivity contribution is 5.97. The van der Waals surface area contributed by atoms with Crippen molar-refractivity contribution in [1.29, 1.82) is 0 Å². The second-order valence-electron chi connectivity index (χ2n) is 5.70. The van der Waals surface area contributed by atoms with Crippen LogP contribution in [0, 0.1) is 6.92 Å². The summed E-state index contributed by atoms with van der Waals surface area (Å²) in [5.41, 5.74) is 5.94. The summed E-state index contributed by atoms with van der Waals surface area (Å²) in [6.45, 7) is 3.55. The molecule has 0 aliphatic heterocycles. The summed E-state index contributed by atoms with van der Waals surface area (Å²) >= 11 is 0. The molecule has 1 amide bonds. The van der Waals surface area contributed by atoms with Crippen LogP contribution in [0.1, 0.15) is 12.5 Å². The lowest BCUT2D eigenvalue weighted by atomic mass is 9.99. The summed E-state index contributed by atoms with van der Waals surface area (Å²) in [6.07, 6.45) is 0. The molecule has 0 heterocycles. The average Bonchev–Trinajstić information content (AvgIpc) is 2.60. The third kappa shape index (κ3) is 3.46. The van der Waals surface area contributed by atoms with Gasteiger partial charge in [0.05, 0.1) is 5.69 Å². The number of benzene rings is 3. The molecule has 3 nitrogen and oxygen atoms in total. The zero-order valence-corrected chi connectivity index (χ0v) is 13.8. The number of hydrogen-bond acceptors (Lipinski definition) is 2. The monoisotopic (exact) mass is 316 g/mol. The van der Waals surface area contributed by atoms with E-state index in [4.69, 9.17) is 0 Å². The first kappa shape index (κ1) is 15.8. The Morgan fingerprint density at radius 2 is 1.46 bits per heavy atom. The molecule has 3 aromatic rings. The molecule has 0 aromatic heterocycles. The maximum Gasteiger partial charge on any atom is 0.221 e. The predicted octanol–water partition coefficient (Wildman–Crippen LogP) is 5.36. The number of anilines is 3. The minimum atomic E-state index is -0.0767. The highest BCUT2D eigenvalue weighted by atomic mass is 16.1. The Bertz CT molecular complexity index is 842. The Morgan fingerprint density at radius 3 is 2.08 bits per heavy atom. The van der Waals surface area contributed by atoms with E-state index >= 15 is 0 Å². The van der Waals surface area contributed by atoms with Crippen molar-refractivity contribution in [2.24, 2.45) is 0 Å². The molecule has 0 aliphatic rings. The molecule has 24 heavy (non-hydrogen) atoms. The van der Waals surface area contributed by atoms with E-state index in [1.807, 2.05) is 73.7 Å². The van der Waals surface area contributed by atoms with Crippen LogP contribution in [-0.2, 0) is 4.79 Å². The van der Waals surface area contributed by atoms with Crippen LogP contribution in [0.5, 0.6) is 0 Å². The van der Waals surface area contributed by atoms with E-state index in [-0.39, 0.29) is 5.91 Å². The van der Waals surface area contributed by atoms with Gasteiger partial charge >= 0.3 is 0 Å². The van der Waals surface area contributed by atoms with Crippen LogP contribution in [0.2, 0.25) is 0 Å². The van der Waals surface area contributed by atoms with Gasteiger partial charge in [-0.3, -0.25) is 4.79 Å². The van der Waals surface area contributed by atoms with Gasteiger partial charge in [0, 0.05) is 23.9 Å². The lowest BCUT2D eigenvalue weighted by Crippen LogP contribution is -2.09. The number of rotatable bonds is 4. The van der Waals surface area contributed by atoms with Crippen LogP contribution >= 0.6 is 0 Å². The first-order valence-corrected chi connectivity index (χ1v) is 7.94. The number of carbonyl (C=O) groups excluding carboxylic acids is 1. The first-order chi connectivity index (χ1) is 11.6. The quantitative estimate of drug-likeness (QED) is 0.680. The van der Waals surface area contributed by atoms with Gasteiger partial charge in [-0.2, -0.15) is 0 Å². The summed E-state index contributed by atoms with van der Waals surface area (Å²) in [4.78, 5) is 11.7. The molecule has 3 aromatic carbocycles. The number of amides is 1. The van der Waals surface area contributed by atoms with Crippen LogP contribution in [0.3, 0.4) is 0 Å². The van der Waals surface area contributed by atoms with Crippen molar-refractivity contribution in [3.05, 3.63) is 78.4 Å². The second-order valence-corrected chi connectivity index (χ2v) is 5.70. The minimum Gasteiger partial charge on any atom is -0.355 e. The molecule has 0 fully saturated rings. The largest absolute Gasteiger partial charge is 0.355 e. The van der Waals surface area contributed by atoms with Crippen molar-refractivity contribution in [1.82, 2.24) is 0 Å². The van der Waals surface area contributed by atoms with Crippen molar-refractivity contribution in [3.63, 3.8) is 0 Å². The highest BCUT2D eigenvalue weighted by Crippen LogP contribution is 2.36.